The Kier molecular flexibility index (Phi) is 3.87. The topological polar surface area (TPSA) is 50.7 Å². The molecule has 4 nitrogen and oxygen atoms in total. The molecule has 0 amide bonds. The minimum Gasteiger partial charge on any atom is -0.372 e. The minimum atomic E-state index is 0.614. The van der Waals surface area contributed by atoms with Crippen LogP contribution in [0, 0.1) is 3.57 Å². The van der Waals surface area contributed by atoms with Crippen molar-refractivity contribution in [2.45, 2.75) is 32.1 Å². The lowest BCUT2D eigenvalue weighted by molar-refractivity contribution is 0.972. The van der Waals surface area contributed by atoms with Crippen molar-refractivity contribution in [1.82, 2.24) is 15.0 Å². The minimum absolute atomic E-state index is 0.614. The van der Waals surface area contributed by atoms with Crippen LogP contribution in [0.5, 0.6) is 0 Å². The van der Waals surface area contributed by atoms with E-state index in [4.69, 9.17) is 4.98 Å². The molecule has 2 aromatic heterocycles. The van der Waals surface area contributed by atoms with Gasteiger partial charge in [0.25, 0.3) is 0 Å². The van der Waals surface area contributed by atoms with Gasteiger partial charge in [0, 0.05) is 30.9 Å². The first-order valence-corrected chi connectivity index (χ1v) is 8.01. The number of halogens is 1. The van der Waals surface area contributed by atoms with Crippen molar-refractivity contribution < 1.29 is 0 Å². The van der Waals surface area contributed by atoms with Crippen LogP contribution in [0.25, 0.3) is 11.4 Å². The summed E-state index contributed by atoms with van der Waals surface area (Å²) in [4.78, 5) is 13.7. The van der Waals surface area contributed by atoms with E-state index in [9.17, 15) is 0 Å². The molecule has 0 aromatic carbocycles. The quantitative estimate of drug-likeness (QED) is 0.824. The molecule has 104 valence electrons. The zero-order valence-corrected chi connectivity index (χ0v) is 13.8. The molecule has 0 saturated heterocycles. The number of pyridine rings is 1. The third-order valence-electron chi connectivity index (χ3n) is 3.60. The maximum atomic E-state index is 4.84. The van der Waals surface area contributed by atoms with Gasteiger partial charge in [-0.1, -0.05) is 6.92 Å². The lowest BCUT2D eigenvalue weighted by Crippen LogP contribution is -2.05. The van der Waals surface area contributed by atoms with Gasteiger partial charge in [-0.05, 0) is 53.5 Å². The van der Waals surface area contributed by atoms with E-state index < -0.39 is 0 Å². The van der Waals surface area contributed by atoms with Crippen molar-refractivity contribution >= 4 is 28.4 Å². The number of nitrogens with one attached hydrogen (secondary N) is 1. The van der Waals surface area contributed by atoms with E-state index in [0.717, 1.165) is 27.2 Å². The molecule has 1 aliphatic rings. The molecule has 1 aliphatic carbocycles. The summed E-state index contributed by atoms with van der Waals surface area (Å²) in [6.45, 7) is 2.13. The number of hydrogen-bond acceptors (Lipinski definition) is 4. The van der Waals surface area contributed by atoms with E-state index >= 15 is 0 Å². The van der Waals surface area contributed by atoms with Crippen LogP contribution < -0.4 is 5.32 Å². The number of hydrogen-bond donors (Lipinski definition) is 1. The second kappa shape index (κ2) is 5.63. The standard InChI is InChI=1S/C15H17IN4/c1-3-9-8-18-7-6-11(9)14-19-13(10-4-5-10)12(16)15(17-2)20-14/h6-8,10H,3-5H2,1-2H3,(H,17,19,20). The first kappa shape index (κ1) is 13.7. The largest absolute Gasteiger partial charge is 0.372 e. The fourth-order valence-corrected chi connectivity index (χ4v) is 3.26. The smallest absolute Gasteiger partial charge is 0.162 e. The monoisotopic (exact) mass is 380 g/mol. The maximum absolute atomic E-state index is 4.84. The van der Waals surface area contributed by atoms with Gasteiger partial charge in [-0.25, -0.2) is 9.97 Å². The van der Waals surface area contributed by atoms with Gasteiger partial charge in [0.15, 0.2) is 5.82 Å². The van der Waals surface area contributed by atoms with Crippen molar-refractivity contribution in [3.63, 3.8) is 0 Å². The fraction of sp³-hybridized carbons (Fsp3) is 0.400. The average molecular weight is 380 g/mol. The fourth-order valence-electron chi connectivity index (χ4n) is 2.30. The van der Waals surface area contributed by atoms with Gasteiger partial charge in [0.05, 0.1) is 9.26 Å². The number of aromatic nitrogens is 3. The zero-order chi connectivity index (χ0) is 14.1. The van der Waals surface area contributed by atoms with Crippen LogP contribution in [0.2, 0.25) is 0 Å². The summed E-state index contributed by atoms with van der Waals surface area (Å²) in [6, 6.07) is 2.01. The molecule has 20 heavy (non-hydrogen) atoms. The highest BCUT2D eigenvalue weighted by Crippen LogP contribution is 2.43. The highest BCUT2D eigenvalue weighted by Gasteiger charge is 2.29. The van der Waals surface area contributed by atoms with E-state index in [-0.39, 0.29) is 0 Å². The van der Waals surface area contributed by atoms with Crippen LogP contribution in [0.4, 0.5) is 5.82 Å². The Balaban J connectivity index is 2.15. The third-order valence-corrected chi connectivity index (χ3v) is 4.67. The second-order valence-corrected chi connectivity index (χ2v) is 6.08. The molecule has 2 heterocycles. The van der Waals surface area contributed by atoms with Crippen LogP contribution in [0.3, 0.4) is 0 Å². The van der Waals surface area contributed by atoms with Crippen molar-refractivity contribution in [3.05, 3.63) is 33.3 Å². The first-order chi connectivity index (χ1) is 9.74. The van der Waals surface area contributed by atoms with Crippen LogP contribution in [-0.4, -0.2) is 22.0 Å². The highest BCUT2D eigenvalue weighted by atomic mass is 127. The molecule has 0 aliphatic heterocycles. The summed E-state index contributed by atoms with van der Waals surface area (Å²) in [6.07, 6.45) is 7.14. The summed E-state index contributed by atoms with van der Waals surface area (Å²) in [5.41, 5.74) is 3.48. The Morgan fingerprint density at radius 3 is 2.80 bits per heavy atom. The molecule has 2 aromatic rings. The van der Waals surface area contributed by atoms with Gasteiger partial charge in [-0.15, -0.1) is 0 Å². The molecule has 0 unspecified atom stereocenters. The van der Waals surface area contributed by atoms with Gasteiger partial charge < -0.3 is 5.32 Å². The van der Waals surface area contributed by atoms with Gasteiger partial charge in [0.2, 0.25) is 0 Å². The summed E-state index contributed by atoms with van der Waals surface area (Å²) in [7, 11) is 1.91. The number of nitrogens with zero attached hydrogens (tertiary/aromatic N) is 3. The summed E-state index contributed by atoms with van der Waals surface area (Å²) in [5.74, 6) is 2.36. The summed E-state index contributed by atoms with van der Waals surface area (Å²) < 4.78 is 1.16. The Bertz CT molecular complexity index is 638. The lowest BCUT2D eigenvalue weighted by Gasteiger charge is -2.12. The van der Waals surface area contributed by atoms with E-state index in [1.165, 1.54) is 24.1 Å². The molecule has 3 rings (SSSR count). The van der Waals surface area contributed by atoms with Crippen LogP contribution >= 0.6 is 22.6 Å². The third kappa shape index (κ3) is 2.51. The predicted molar refractivity (Wildman–Crippen MR) is 88.9 cm³/mol. The SMILES string of the molecule is CCc1cnccc1-c1nc(NC)c(I)c(C2CC2)n1. The van der Waals surface area contributed by atoms with Crippen molar-refractivity contribution in [1.29, 1.82) is 0 Å². The van der Waals surface area contributed by atoms with Crippen LogP contribution in [0.15, 0.2) is 18.5 Å². The molecule has 1 fully saturated rings. The summed E-state index contributed by atoms with van der Waals surface area (Å²) in [5, 5.41) is 3.19. The zero-order valence-electron chi connectivity index (χ0n) is 11.7. The van der Waals surface area contributed by atoms with Crippen molar-refractivity contribution in [2.75, 3.05) is 12.4 Å². The molecule has 0 bridgehead atoms. The molecule has 1 N–H and O–H groups in total. The molecule has 0 spiro atoms. The van der Waals surface area contributed by atoms with E-state index in [2.05, 4.69) is 44.8 Å². The van der Waals surface area contributed by atoms with E-state index in [1.807, 2.05) is 25.5 Å². The van der Waals surface area contributed by atoms with Gasteiger partial charge in [-0.2, -0.15) is 0 Å². The number of aryl methyl sites for hydroxylation is 1. The first-order valence-electron chi connectivity index (χ1n) is 6.93. The Morgan fingerprint density at radius 1 is 1.35 bits per heavy atom. The molecule has 0 atom stereocenters. The lowest BCUT2D eigenvalue weighted by atomic mass is 10.1. The molecular formula is C15H17IN4. The van der Waals surface area contributed by atoms with Gasteiger partial charge >= 0.3 is 0 Å². The van der Waals surface area contributed by atoms with Crippen LogP contribution in [-0.2, 0) is 6.42 Å². The van der Waals surface area contributed by atoms with Gasteiger partial charge in [0.1, 0.15) is 5.82 Å². The Hall–Kier alpha value is -1.24. The Labute approximate surface area is 132 Å². The molecule has 5 heteroatoms. The highest BCUT2D eigenvalue weighted by molar-refractivity contribution is 14.1. The maximum Gasteiger partial charge on any atom is 0.162 e. The second-order valence-electron chi connectivity index (χ2n) is 5.01. The summed E-state index contributed by atoms with van der Waals surface area (Å²) >= 11 is 2.35. The molecular weight excluding hydrogens is 363 g/mol. The van der Waals surface area contributed by atoms with Crippen molar-refractivity contribution in [3.8, 4) is 11.4 Å². The normalized spacial score (nSPS) is 14.3. The van der Waals surface area contributed by atoms with Crippen molar-refractivity contribution in [2.24, 2.45) is 0 Å². The van der Waals surface area contributed by atoms with Crippen LogP contribution in [0.1, 0.15) is 36.9 Å². The van der Waals surface area contributed by atoms with Gasteiger partial charge in [-0.3, -0.25) is 4.98 Å². The van der Waals surface area contributed by atoms with E-state index in [0.29, 0.717) is 5.92 Å². The molecule has 0 radical (unpaired) electrons. The number of rotatable bonds is 4. The molecule has 1 saturated carbocycles. The average Bonchev–Trinajstić information content (AvgIpc) is 3.32. The van der Waals surface area contributed by atoms with E-state index in [1.54, 1.807) is 0 Å². The Morgan fingerprint density at radius 2 is 2.15 bits per heavy atom. The number of anilines is 1. The predicted octanol–water partition coefficient (Wildman–Crippen LogP) is 3.62.